The fourth-order valence-corrected chi connectivity index (χ4v) is 1.69. The van der Waals surface area contributed by atoms with Crippen molar-refractivity contribution in [3.63, 3.8) is 0 Å². The van der Waals surface area contributed by atoms with Crippen LogP contribution in [0.4, 0.5) is 0 Å². The molecule has 0 aromatic carbocycles. The average Bonchev–Trinajstić information content (AvgIpc) is 1.64. The van der Waals surface area contributed by atoms with Gasteiger partial charge in [-0.3, -0.25) is 4.72 Å². The minimum absolute atomic E-state index is 0.819. The lowest BCUT2D eigenvalue weighted by Crippen LogP contribution is -2.35. The van der Waals surface area contributed by atoms with E-state index < -0.39 is 0 Å². The van der Waals surface area contributed by atoms with Gasteiger partial charge in [0.25, 0.3) is 0 Å². The molecule has 1 rings (SSSR count). The van der Waals surface area contributed by atoms with Crippen LogP contribution < -0.4 is 4.72 Å². The quantitative estimate of drug-likeness (QED) is 0.572. The zero-order valence-electron chi connectivity index (χ0n) is 5.48. The highest BCUT2D eigenvalue weighted by atomic mass is 32.2. The average molecular weight is 131 g/mol. The second-order valence-corrected chi connectivity index (χ2v) is 3.24. The summed E-state index contributed by atoms with van der Waals surface area (Å²) in [7, 11) is 0. The van der Waals surface area contributed by atoms with Gasteiger partial charge in [-0.15, -0.1) is 0 Å². The highest BCUT2D eigenvalue weighted by Gasteiger charge is 2.23. The van der Waals surface area contributed by atoms with E-state index in [0.29, 0.717) is 0 Å². The molecule has 0 radical (unpaired) electrons. The second kappa shape index (κ2) is 2.74. The molecule has 0 atom stereocenters. The summed E-state index contributed by atoms with van der Waals surface area (Å²) < 4.78 is 3.33. The third kappa shape index (κ3) is 1.39. The minimum atomic E-state index is 0.819. The molecule has 0 aromatic heterocycles. The summed E-state index contributed by atoms with van der Waals surface area (Å²) in [6.45, 7) is 2.30. The Morgan fingerprint density at radius 3 is 2.50 bits per heavy atom. The van der Waals surface area contributed by atoms with Crippen LogP contribution in [0.25, 0.3) is 0 Å². The summed E-state index contributed by atoms with van der Waals surface area (Å²) in [5.41, 5.74) is 0. The molecule has 1 aliphatic carbocycles. The molecule has 1 nitrogen and oxygen atoms in total. The van der Waals surface area contributed by atoms with Crippen LogP contribution in [0.3, 0.4) is 0 Å². The molecule has 0 unspecified atom stereocenters. The smallest absolute Gasteiger partial charge is 0.0176 e. The maximum absolute atomic E-state index is 3.33. The summed E-state index contributed by atoms with van der Waals surface area (Å²) in [6, 6.07) is 0.819. The van der Waals surface area contributed by atoms with Crippen LogP contribution in [-0.4, -0.2) is 12.3 Å². The lowest BCUT2D eigenvalue weighted by atomic mass is 9.83. The predicted molar refractivity (Wildman–Crippen MR) is 38.8 cm³/mol. The van der Waals surface area contributed by atoms with Crippen LogP contribution in [-0.2, 0) is 0 Å². The Bertz CT molecular complexity index is 66.2. The van der Waals surface area contributed by atoms with E-state index in [1.807, 2.05) is 0 Å². The van der Waals surface area contributed by atoms with Crippen LogP contribution in [0, 0.1) is 5.92 Å². The molecule has 1 aliphatic rings. The van der Waals surface area contributed by atoms with E-state index in [0.717, 1.165) is 12.0 Å². The van der Waals surface area contributed by atoms with Crippen molar-refractivity contribution in [3.8, 4) is 0 Å². The molecule has 0 aromatic rings. The highest BCUT2D eigenvalue weighted by molar-refractivity contribution is 7.96. The number of hydrogen-bond acceptors (Lipinski definition) is 2. The van der Waals surface area contributed by atoms with E-state index >= 15 is 0 Å². The molecule has 0 spiro atoms. The maximum Gasteiger partial charge on any atom is 0.0176 e. The first kappa shape index (κ1) is 6.43. The SMILES string of the molecule is CSNC1CC(C)C1. The third-order valence-electron chi connectivity index (χ3n) is 1.66. The van der Waals surface area contributed by atoms with Gasteiger partial charge in [-0.1, -0.05) is 18.9 Å². The van der Waals surface area contributed by atoms with Crippen molar-refractivity contribution >= 4 is 11.9 Å². The molecular weight excluding hydrogens is 118 g/mol. The Balaban J connectivity index is 1.98. The fourth-order valence-electron chi connectivity index (χ4n) is 1.17. The van der Waals surface area contributed by atoms with Gasteiger partial charge in [-0.05, 0) is 25.0 Å². The monoisotopic (exact) mass is 131 g/mol. The Morgan fingerprint density at radius 1 is 1.50 bits per heavy atom. The van der Waals surface area contributed by atoms with Gasteiger partial charge in [0, 0.05) is 6.04 Å². The van der Waals surface area contributed by atoms with E-state index in [1.165, 1.54) is 12.8 Å². The van der Waals surface area contributed by atoms with E-state index in [2.05, 4.69) is 17.9 Å². The van der Waals surface area contributed by atoms with Crippen molar-refractivity contribution in [2.24, 2.45) is 5.92 Å². The first-order valence-electron chi connectivity index (χ1n) is 3.11. The molecule has 0 amide bonds. The van der Waals surface area contributed by atoms with Gasteiger partial charge in [-0.2, -0.15) is 0 Å². The van der Waals surface area contributed by atoms with Crippen molar-refractivity contribution in [1.82, 2.24) is 4.72 Å². The van der Waals surface area contributed by atoms with Crippen LogP contribution in [0.1, 0.15) is 19.8 Å². The van der Waals surface area contributed by atoms with Crippen LogP contribution >= 0.6 is 11.9 Å². The zero-order chi connectivity index (χ0) is 5.98. The topological polar surface area (TPSA) is 12.0 Å². The summed E-state index contributed by atoms with van der Waals surface area (Å²) in [4.78, 5) is 0. The predicted octanol–water partition coefficient (Wildman–Crippen LogP) is 1.65. The van der Waals surface area contributed by atoms with Crippen molar-refractivity contribution in [2.75, 3.05) is 6.26 Å². The van der Waals surface area contributed by atoms with Gasteiger partial charge < -0.3 is 0 Å². The van der Waals surface area contributed by atoms with Gasteiger partial charge in [-0.25, -0.2) is 0 Å². The molecule has 1 N–H and O–H groups in total. The van der Waals surface area contributed by atoms with E-state index in [-0.39, 0.29) is 0 Å². The molecule has 0 aliphatic heterocycles. The number of nitrogens with one attached hydrogen (secondary N) is 1. The molecule has 1 saturated carbocycles. The van der Waals surface area contributed by atoms with Gasteiger partial charge >= 0.3 is 0 Å². The Hall–Kier alpha value is 0.310. The van der Waals surface area contributed by atoms with Gasteiger partial charge in [0.05, 0.1) is 0 Å². The van der Waals surface area contributed by atoms with Gasteiger partial charge in [0.1, 0.15) is 0 Å². The number of rotatable bonds is 2. The maximum atomic E-state index is 3.33. The zero-order valence-corrected chi connectivity index (χ0v) is 6.29. The van der Waals surface area contributed by atoms with Crippen molar-refractivity contribution < 1.29 is 0 Å². The Morgan fingerprint density at radius 2 is 2.12 bits per heavy atom. The largest absolute Gasteiger partial charge is 0.261 e. The Labute approximate surface area is 55.4 Å². The molecular formula is C6H13NS. The first-order chi connectivity index (χ1) is 3.83. The normalized spacial score (nSPS) is 36.8. The minimum Gasteiger partial charge on any atom is -0.261 e. The summed E-state index contributed by atoms with van der Waals surface area (Å²) in [5, 5.41) is 0. The molecule has 48 valence electrons. The van der Waals surface area contributed by atoms with Crippen molar-refractivity contribution in [3.05, 3.63) is 0 Å². The second-order valence-electron chi connectivity index (χ2n) is 2.60. The molecule has 0 saturated heterocycles. The first-order valence-corrected chi connectivity index (χ1v) is 4.34. The van der Waals surface area contributed by atoms with Crippen LogP contribution in [0.5, 0.6) is 0 Å². The lowest BCUT2D eigenvalue weighted by Gasteiger charge is -2.32. The summed E-state index contributed by atoms with van der Waals surface area (Å²) in [5.74, 6) is 0.972. The van der Waals surface area contributed by atoms with E-state index in [9.17, 15) is 0 Å². The van der Waals surface area contributed by atoms with Crippen LogP contribution in [0.2, 0.25) is 0 Å². The third-order valence-corrected chi connectivity index (χ3v) is 2.23. The number of hydrogen-bond donors (Lipinski definition) is 1. The molecule has 0 heterocycles. The fraction of sp³-hybridized carbons (Fsp3) is 1.00. The van der Waals surface area contributed by atoms with E-state index in [4.69, 9.17) is 0 Å². The molecule has 0 bridgehead atoms. The van der Waals surface area contributed by atoms with Crippen molar-refractivity contribution in [2.45, 2.75) is 25.8 Å². The summed E-state index contributed by atoms with van der Waals surface area (Å²) >= 11 is 1.74. The van der Waals surface area contributed by atoms with E-state index in [1.54, 1.807) is 11.9 Å². The molecule has 2 heteroatoms. The standard InChI is InChI=1S/C6H13NS/c1-5-3-6(4-5)7-8-2/h5-7H,3-4H2,1-2H3. The Kier molecular flexibility index (Phi) is 2.20. The van der Waals surface area contributed by atoms with Crippen molar-refractivity contribution in [1.29, 1.82) is 0 Å². The highest BCUT2D eigenvalue weighted by Crippen LogP contribution is 2.26. The summed E-state index contributed by atoms with van der Waals surface area (Å²) in [6.07, 6.45) is 4.84. The lowest BCUT2D eigenvalue weighted by molar-refractivity contribution is 0.275. The molecule has 1 fully saturated rings. The van der Waals surface area contributed by atoms with Gasteiger partial charge in [0.15, 0.2) is 0 Å². The van der Waals surface area contributed by atoms with Gasteiger partial charge in [0.2, 0.25) is 0 Å². The molecule has 8 heavy (non-hydrogen) atoms. The van der Waals surface area contributed by atoms with Crippen LogP contribution in [0.15, 0.2) is 0 Å².